The Balaban J connectivity index is 2.25. The van der Waals surface area contributed by atoms with Gasteiger partial charge in [0.25, 0.3) is 0 Å². The highest BCUT2D eigenvalue weighted by Crippen LogP contribution is 2.25. The first-order valence-corrected chi connectivity index (χ1v) is 7.63. The zero-order valence-electron chi connectivity index (χ0n) is 10.9. The molecular formula is C14H13N3O3S. The van der Waals surface area contributed by atoms with Gasteiger partial charge in [-0.25, -0.2) is 8.42 Å². The van der Waals surface area contributed by atoms with Crippen molar-refractivity contribution in [3.8, 4) is 11.8 Å². The number of phenols is 1. The second-order valence-corrected chi connectivity index (χ2v) is 6.12. The monoisotopic (exact) mass is 303 g/mol. The number of hydrogen-bond acceptors (Lipinski definition) is 5. The van der Waals surface area contributed by atoms with Gasteiger partial charge in [-0.05, 0) is 23.8 Å². The number of rotatable bonds is 4. The maximum atomic E-state index is 12.1. The van der Waals surface area contributed by atoms with Gasteiger partial charge in [-0.2, -0.15) is 5.26 Å². The first kappa shape index (κ1) is 14.7. The van der Waals surface area contributed by atoms with Crippen LogP contribution in [0.5, 0.6) is 5.75 Å². The first-order valence-electron chi connectivity index (χ1n) is 5.98. The molecule has 0 atom stereocenters. The summed E-state index contributed by atoms with van der Waals surface area (Å²) < 4.78 is 26.6. The lowest BCUT2D eigenvalue weighted by atomic mass is 10.1. The summed E-state index contributed by atoms with van der Waals surface area (Å²) in [6.07, 6.45) is 0. The summed E-state index contributed by atoms with van der Waals surface area (Å²) in [6.45, 7) is 0. The van der Waals surface area contributed by atoms with E-state index in [4.69, 9.17) is 11.0 Å². The number of nitrogens with zero attached hydrogens (tertiary/aromatic N) is 1. The molecule has 4 N–H and O–H groups in total. The second kappa shape index (κ2) is 5.73. The molecule has 0 spiro atoms. The Labute approximate surface area is 122 Å². The van der Waals surface area contributed by atoms with Gasteiger partial charge < -0.3 is 10.8 Å². The van der Waals surface area contributed by atoms with E-state index in [0.29, 0.717) is 11.1 Å². The van der Waals surface area contributed by atoms with Crippen LogP contribution >= 0.6 is 0 Å². The minimum Gasteiger partial charge on any atom is -0.508 e. The number of anilines is 2. The van der Waals surface area contributed by atoms with Gasteiger partial charge in [-0.1, -0.05) is 18.2 Å². The molecule has 0 bridgehead atoms. The number of sulfonamides is 1. The fourth-order valence-electron chi connectivity index (χ4n) is 1.81. The molecular weight excluding hydrogens is 290 g/mol. The molecule has 2 aromatic carbocycles. The standard InChI is InChI=1S/C14H13N3O3S/c15-8-10-3-1-2-4-11(10)9-21(19,20)17-14-6-5-12(18)7-13(14)16/h1-7,17-18H,9,16H2. The predicted molar refractivity (Wildman–Crippen MR) is 79.9 cm³/mol. The smallest absolute Gasteiger partial charge is 0.237 e. The summed E-state index contributed by atoms with van der Waals surface area (Å²) in [4.78, 5) is 0. The fraction of sp³-hybridized carbons (Fsp3) is 0.0714. The van der Waals surface area contributed by atoms with Crippen molar-refractivity contribution in [3.63, 3.8) is 0 Å². The maximum Gasteiger partial charge on any atom is 0.237 e. The van der Waals surface area contributed by atoms with Gasteiger partial charge in [0.1, 0.15) is 5.75 Å². The SMILES string of the molecule is N#Cc1ccccc1CS(=O)(=O)Nc1ccc(O)cc1N. The van der Waals surface area contributed by atoms with E-state index in [2.05, 4.69) is 4.72 Å². The van der Waals surface area contributed by atoms with Crippen LogP contribution in [0.3, 0.4) is 0 Å². The lowest BCUT2D eigenvalue weighted by molar-refractivity contribution is 0.475. The summed E-state index contributed by atoms with van der Waals surface area (Å²) in [5.41, 5.74) is 6.65. The van der Waals surface area contributed by atoms with E-state index in [-0.39, 0.29) is 22.9 Å². The van der Waals surface area contributed by atoms with E-state index in [1.54, 1.807) is 24.3 Å². The van der Waals surface area contributed by atoms with Crippen LogP contribution in [-0.2, 0) is 15.8 Å². The number of aromatic hydroxyl groups is 1. The topological polar surface area (TPSA) is 116 Å². The van der Waals surface area contributed by atoms with Crippen molar-refractivity contribution < 1.29 is 13.5 Å². The average Bonchev–Trinajstić information content (AvgIpc) is 2.42. The molecule has 0 saturated carbocycles. The molecule has 0 aromatic heterocycles. The molecule has 7 heteroatoms. The molecule has 0 heterocycles. The molecule has 108 valence electrons. The van der Waals surface area contributed by atoms with Crippen LogP contribution in [0, 0.1) is 11.3 Å². The van der Waals surface area contributed by atoms with E-state index in [9.17, 15) is 13.5 Å². The Morgan fingerprint density at radius 3 is 2.62 bits per heavy atom. The molecule has 2 aromatic rings. The average molecular weight is 303 g/mol. The van der Waals surface area contributed by atoms with Crippen LogP contribution in [0.1, 0.15) is 11.1 Å². The number of hydrogen-bond donors (Lipinski definition) is 3. The lowest BCUT2D eigenvalue weighted by Gasteiger charge is -2.11. The van der Waals surface area contributed by atoms with Gasteiger partial charge in [0, 0.05) is 6.07 Å². The molecule has 0 amide bonds. The van der Waals surface area contributed by atoms with Gasteiger partial charge in [0.05, 0.1) is 28.8 Å². The Morgan fingerprint density at radius 2 is 1.95 bits per heavy atom. The third kappa shape index (κ3) is 3.64. The molecule has 21 heavy (non-hydrogen) atoms. The Morgan fingerprint density at radius 1 is 1.24 bits per heavy atom. The van der Waals surface area contributed by atoms with Crippen molar-refractivity contribution in [3.05, 3.63) is 53.6 Å². The number of nitrogens with one attached hydrogen (secondary N) is 1. The first-order chi connectivity index (χ1) is 9.91. The third-order valence-corrected chi connectivity index (χ3v) is 4.01. The number of nitrogens with two attached hydrogens (primary N) is 1. The number of phenolic OH excluding ortho intramolecular Hbond substituents is 1. The normalized spacial score (nSPS) is 10.8. The summed E-state index contributed by atoms with van der Waals surface area (Å²) in [6, 6.07) is 12.4. The number of nitrogen functional groups attached to an aromatic ring is 1. The molecule has 0 aliphatic heterocycles. The zero-order valence-corrected chi connectivity index (χ0v) is 11.8. The van der Waals surface area contributed by atoms with Gasteiger partial charge in [-0.3, -0.25) is 4.72 Å². The van der Waals surface area contributed by atoms with Crippen LogP contribution in [0.25, 0.3) is 0 Å². The van der Waals surface area contributed by atoms with Crippen LogP contribution in [0.2, 0.25) is 0 Å². The lowest BCUT2D eigenvalue weighted by Crippen LogP contribution is -2.16. The Kier molecular flexibility index (Phi) is 4.00. The van der Waals surface area contributed by atoms with Crippen molar-refractivity contribution >= 4 is 21.4 Å². The Bertz CT molecular complexity index is 810. The van der Waals surface area contributed by atoms with E-state index in [1.807, 2.05) is 6.07 Å². The summed E-state index contributed by atoms with van der Waals surface area (Å²) in [5, 5.41) is 18.2. The quantitative estimate of drug-likeness (QED) is 0.588. The van der Waals surface area contributed by atoms with E-state index in [0.717, 1.165) is 0 Å². The van der Waals surface area contributed by atoms with E-state index in [1.165, 1.54) is 18.2 Å². The number of benzene rings is 2. The van der Waals surface area contributed by atoms with Crippen molar-refractivity contribution in [2.75, 3.05) is 10.5 Å². The van der Waals surface area contributed by atoms with Gasteiger partial charge in [0.15, 0.2) is 0 Å². The molecule has 0 unspecified atom stereocenters. The molecule has 2 rings (SSSR count). The highest BCUT2D eigenvalue weighted by atomic mass is 32.2. The predicted octanol–water partition coefficient (Wildman–Crippen LogP) is 1.79. The minimum absolute atomic E-state index is 0.0507. The molecule has 0 saturated heterocycles. The van der Waals surface area contributed by atoms with Crippen LogP contribution in [0.4, 0.5) is 11.4 Å². The summed E-state index contributed by atoms with van der Waals surface area (Å²) >= 11 is 0. The van der Waals surface area contributed by atoms with Gasteiger partial charge >= 0.3 is 0 Å². The highest BCUT2D eigenvalue weighted by Gasteiger charge is 2.15. The third-order valence-electron chi connectivity index (χ3n) is 2.78. The van der Waals surface area contributed by atoms with E-state index >= 15 is 0 Å². The van der Waals surface area contributed by atoms with Crippen molar-refractivity contribution in [1.82, 2.24) is 0 Å². The Hall–Kier alpha value is -2.72. The molecule has 0 aliphatic carbocycles. The van der Waals surface area contributed by atoms with Crippen LogP contribution in [0.15, 0.2) is 42.5 Å². The van der Waals surface area contributed by atoms with Crippen LogP contribution in [-0.4, -0.2) is 13.5 Å². The molecule has 0 aliphatic rings. The van der Waals surface area contributed by atoms with Gasteiger partial charge in [-0.15, -0.1) is 0 Å². The fourth-order valence-corrected chi connectivity index (χ4v) is 3.06. The van der Waals surface area contributed by atoms with E-state index < -0.39 is 10.0 Å². The largest absolute Gasteiger partial charge is 0.508 e. The van der Waals surface area contributed by atoms with Crippen molar-refractivity contribution in [2.45, 2.75) is 5.75 Å². The zero-order chi connectivity index (χ0) is 15.5. The minimum atomic E-state index is -3.72. The molecule has 0 radical (unpaired) electrons. The molecule has 0 fully saturated rings. The van der Waals surface area contributed by atoms with Crippen LogP contribution < -0.4 is 10.5 Å². The van der Waals surface area contributed by atoms with Crippen molar-refractivity contribution in [2.24, 2.45) is 0 Å². The second-order valence-electron chi connectivity index (χ2n) is 4.40. The summed E-state index contributed by atoms with van der Waals surface area (Å²) in [5.74, 6) is -0.387. The maximum absolute atomic E-state index is 12.1. The molecule has 6 nitrogen and oxygen atoms in total. The van der Waals surface area contributed by atoms with Gasteiger partial charge in [0.2, 0.25) is 10.0 Å². The summed E-state index contributed by atoms with van der Waals surface area (Å²) in [7, 11) is -3.72. The number of nitriles is 1. The highest BCUT2D eigenvalue weighted by molar-refractivity contribution is 7.91. The van der Waals surface area contributed by atoms with Crippen molar-refractivity contribution in [1.29, 1.82) is 5.26 Å².